The van der Waals surface area contributed by atoms with Crippen LogP contribution >= 0.6 is 0 Å². The summed E-state index contributed by atoms with van der Waals surface area (Å²) in [6, 6.07) is 0. The third-order valence-corrected chi connectivity index (χ3v) is 2.24. The lowest BCUT2D eigenvalue weighted by Crippen LogP contribution is -2.33. The van der Waals surface area contributed by atoms with E-state index in [-0.39, 0.29) is 0 Å². The molecule has 1 saturated carbocycles. The first-order chi connectivity index (χ1) is 4.64. The van der Waals surface area contributed by atoms with Crippen LogP contribution < -0.4 is 0 Å². The van der Waals surface area contributed by atoms with E-state index in [0.717, 1.165) is 12.8 Å². The number of rotatable bonds is 1. The molecule has 0 atom stereocenters. The van der Waals surface area contributed by atoms with Crippen molar-refractivity contribution in [3.63, 3.8) is 0 Å². The molecule has 10 heavy (non-hydrogen) atoms. The van der Waals surface area contributed by atoms with Crippen LogP contribution in [0.15, 0.2) is 0 Å². The molecule has 0 bridgehead atoms. The van der Waals surface area contributed by atoms with Crippen molar-refractivity contribution in [1.29, 1.82) is 0 Å². The van der Waals surface area contributed by atoms with Crippen molar-refractivity contribution in [3.05, 3.63) is 0 Å². The Labute approximate surface area is 62.7 Å². The average molecular weight is 140 g/mol. The maximum atomic E-state index is 9.10. The summed E-state index contributed by atoms with van der Waals surface area (Å²) in [7, 11) is 5.43. The molecule has 0 spiro atoms. The third-order valence-electron chi connectivity index (χ3n) is 2.24. The third kappa shape index (κ3) is 1.99. The quantitative estimate of drug-likeness (QED) is 0.410. The molecule has 0 aliphatic heterocycles. The smallest absolute Gasteiger partial charge is 0.162 e. The Hall–Kier alpha value is -0.0151. The van der Waals surface area contributed by atoms with Crippen molar-refractivity contribution in [2.45, 2.75) is 37.8 Å². The molecule has 0 aromatic heterocycles. The topological polar surface area (TPSA) is 40.5 Å². The van der Waals surface area contributed by atoms with E-state index < -0.39 is 5.79 Å². The molecule has 2 radical (unpaired) electrons. The first-order valence-corrected chi connectivity index (χ1v) is 3.79. The van der Waals surface area contributed by atoms with Crippen molar-refractivity contribution in [1.82, 2.24) is 0 Å². The predicted octanol–water partition coefficient (Wildman–Crippen LogP) is 0.444. The van der Waals surface area contributed by atoms with E-state index in [9.17, 15) is 0 Å². The Kier molecular flexibility index (Phi) is 2.37. The summed E-state index contributed by atoms with van der Waals surface area (Å²) in [5.41, 5.74) is 0. The van der Waals surface area contributed by atoms with Gasteiger partial charge in [0.15, 0.2) is 5.79 Å². The standard InChI is InChI=1S/C7H13BO2/c8-5-6-1-3-7(9,10)4-2-6/h6,9-10H,1-5H2. The molecule has 0 heterocycles. The monoisotopic (exact) mass is 140 g/mol. The van der Waals surface area contributed by atoms with Gasteiger partial charge in [-0.1, -0.05) is 6.32 Å². The van der Waals surface area contributed by atoms with E-state index in [2.05, 4.69) is 0 Å². The zero-order valence-corrected chi connectivity index (χ0v) is 6.08. The van der Waals surface area contributed by atoms with Crippen LogP contribution in [0.5, 0.6) is 0 Å². The number of hydrogen-bond acceptors (Lipinski definition) is 2. The molecule has 0 aromatic carbocycles. The summed E-state index contributed by atoms with van der Waals surface area (Å²) in [6.07, 6.45) is 3.34. The van der Waals surface area contributed by atoms with Crippen molar-refractivity contribution in [3.8, 4) is 0 Å². The zero-order chi connectivity index (χ0) is 7.61. The van der Waals surface area contributed by atoms with Crippen molar-refractivity contribution in [2.75, 3.05) is 0 Å². The maximum absolute atomic E-state index is 9.10. The Morgan fingerprint density at radius 2 is 1.80 bits per heavy atom. The maximum Gasteiger partial charge on any atom is 0.162 e. The van der Waals surface area contributed by atoms with Crippen LogP contribution in [-0.2, 0) is 0 Å². The average Bonchev–Trinajstić information content (AvgIpc) is 1.88. The van der Waals surface area contributed by atoms with Crippen LogP contribution in [0.25, 0.3) is 0 Å². The van der Waals surface area contributed by atoms with E-state index in [0.29, 0.717) is 25.1 Å². The number of hydrogen-bond donors (Lipinski definition) is 2. The molecule has 0 amide bonds. The molecule has 1 aliphatic carbocycles. The second kappa shape index (κ2) is 2.93. The van der Waals surface area contributed by atoms with Crippen LogP contribution in [0.2, 0.25) is 6.32 Å². The highest BCUT2D eigenvalue weighted by Gasteiger charge is 2.29. The predicted molar refractivity (Wildman–Crippen MR) is 39.7 cm³/mol. The fourth-order valence-electron chi connectivity index (χ4n) is 1.38. The lowest BCUT2D eigenvalue weighted by molar-refractivity contribution is -0.185. The van der Waals surface area contributed by atoms with Gasteiger partial charge >= 0.3 is 0 Å². The molecular weight excluding hydrogens is 127 g/mol. The van der Waals surface area contributed by atoms with Gasteiger partial charge in [0, 0.05) is 12.8 Å². The van der Waals surface area contributed by atoms with Gasteiger partial charge < -0.3 is 10.2 Å². The van der Waals surface area contributed by atoms with Crippen molar-refractivity contribution >= 4 is 7.85 Å². The molecule has 0 aromatic rings. The van der Waals surface area contributed by atoms with E-state index in [4.69, 9.17) is 18.1 Å². The van der Waals surface area contributed by atoms with Gasteiger partial charge in [0.05, 0.1) is 7.85 Å². The van der Waals surface area contributed by atoms with E-state index in [1.165, 1.54) is 0 Å². The number of aliphatic hydroxyl groups is 2. The van der Waals surface area contributed by atoms with Gasteiger partial charge in [0.1, 0.15) is 0 Å². The molecule has 1 aliphatic rings. The highest BCUT2D eigenvalue weighted by Crippen LogP contribution is 2.31. The molecule has 1 fully saturated rings. The van der Waals surface area contributed by atoms with Crippen LogP contribution in [0.1, 0.15) is 25.7 Å². The summed E-state index contributed by atoms with van der Waals surface area (Å²) in [5, 5.41) is 18.2. The van der Waals surface area contributed by atoms with Gasteiger partial charge in [-0.3, -0.25) is 0 Å². The van der Waals surface area contributed by atoms with Gasteiger partial charge in [0.25, 0.3) is 0 Å². The van der Waals surface area contributed by atoms with E-state index >= 15 is 0 Å². The van der Waals surface area contributed by atoms with Crippen LogP contribution in [0.3, 0.4) is 0 Å². The Balaban J connectivity index is 2.31. The van der Waals surface area contributed by atoms with Gasteiger partial charge in [-0.2, -0.15) is 0 Å². The van der Waals surface area contributed by atoms with Gasteiger partial charge in [0.2, 0.25) is 0 Å². The molecule has 2 N–H and O–H groups in total. The molecule has 2 nitrogen and oxygen atoms in total. The molecule has 0 unspecified atom stereocenters. The Morgan fingerprint density at radius 1 is 1.30 bits per heavy atom. The SMILES string of the molecule is [B]CC1CCC(O)(O)CC1. The fourth-order valence-corrected chi connectivity index (χ4v) is 1.38. The summed E-state index contributed by atoms with van der Waals surface area (Å²) in [4.78, 5) is 0. The first-order valence-electron chi connectivity index (χ1n) is 3.79. The summed E-state index contributed by atoms with van der Waals surface area (Å²) >= 11 is 0. The van der Waals surface area contributed by atoms with Crippen molar-refractivity contribution < 1.29 is 10.2 Å². The van der Waals surface area contributed by atoms with Gasteiger partial charge in [-0.25, -0.2) is 0 Å². The van der Waals surface area contributed by atoms with Gasteiger partial charge in [-0.15, -0.1) is 0 Å². The van der Waals surface area contributed by atoms with E-state index in [1.54, 1.807) is 0 Å². The largest absolute Gasteiger partial charge is 0.366 e. The highest BCUT2D eigenvalue weighted by molar-refractivity contribution is 6.08. The minimum Gasteiger partial charge on any atom is -0.366 e. The molecule has 3 heteroatoms. The first kappa shape index (κ1) is 8.09. The molecule has 0 saturated heterocycles. The summed E-state index contributed by atoms with van der Waals surface area (Å²) in [6.45, 7) is 0. The molecular formula is C7H13BO2. The van der Waals surface area contributed by atoms with Crippen LogP contribution in [-0.4, -0.2) is 23.8 Å². The summed E-state index contributed by atoms with van der Waals surface area (Å²) in [5.74, 6) is -0.890. The second-order valence-electron chi connectivity index (χ2n) is 3.16. The van der Waals surface area contributed by atoms with Gasteiger partial charge in [-0.05, 0) is 18.8 Å². The highest BCUT2D eigenvalue weighted by atomic mass is 16.5. The van der Waals surface area contributed by atoms with Crippen LogP contribution in [0.4, 0.5) is 0 Å². The lowest BCUT2D eigenvalue weighted by Gasteiger charge is -2.31. The van der Waals surface area contributed by atoms with E-state index in [1.807, 2.05) is 0 Å². The normalized spacial score (nSPS) is 26.6. The zero-order valence-electron chi connectivity index (χ0n) is 6.08. The summed E-state index contributed by atoms with van der Waals surface area (Å²) < 4.78 is 0. The molecule has 56 valence electrons. The lowest BCUT2D eigenvalue weighted by atomic mass is 9.78. The van der Waals surface area contributed by atoms with Crippen molar-refractivity contribution in [2.24, 2.45) is 5.92 Å². The Morgan fingerprint density at radius 3 is 2.20 bits per heavy atom. The fraction of sp³-hybridized carbons (Fsp3) is 1.00. The molecule has 1 rings (SSSR count). The van der Waals surface area contributed by atoms with Crippen LogP contribution in [0, 0.1) is 5.92 Å². The second-order valence-corrected chi connectivity index (χ2v) is 3.16. The Bertz CT molecular complexity index is 104. The minimum absolute atomic E-state index is 0.481. The minimum atomic E-state index is -1.40.